The standard InChI is InChI=1S/C11H16N2O2S/c1-6-2-4-7(5-3-6)9-8(10(14)15)13-11(12)16-9/h6-7H,2-5H2,1H3,(H2,12,13)(H,14,15). The fraction of sp³-hybridized carbons (Fsp3) is 0.636. The molecule has 1 aromatic heterocycles. The van der Waals surface area contributed by atoms with Gasteiger partial charge in [0.15, 0.2) is 10.8 Å². The lowest BCUT2D eigenvalue weighted by Crippen LogP contribution is -2.12. The number of nitrogens with zero attached hydrogens (tertiary/aromatic N) is 1. The summed E-state index contributed by atoms with van der Waals surface area (Å²) >= 11 is 1.34. The van der Waals surface area contributed by atoms with Gasteiger partial charge in [-0.3, -0.25) is 0 Å². The summed E-state index contributed by atoms with van der Waals surface area (Å²) in [5, 5.41) is 9.42. The molecule has 0 unspecified atom stereocenters. The monoisotopic (exact) mass is 240 g/mol. The highest BCUT2D eigenvalue weighted by Gasteiger charge is 2.27. The van der Waals surface area contributed by atoms with Gasteiger partial charge in [0, 0.05) is 4.88 Å². The maximum absolute atomic E-state index is 11.0. The molecule has 5 heteroatoms. The number of nitrogen functional groups attached to an aromatic ring is 1. The zero-order valence-corrected chi connectivity index (χ0v) is 10.1. The van der Waals surface area contributed by atoms with E-state index in [0.717, 1.165) is 23.6 Å². The number of hydrogen-bond donors (Lipinski definition) is 2. The highest BCUT2D eigenvalue weighted by Crippen LogP contribution is 2.40. The number of thiazole rings is 1. The molecule has 1 aliphatic rings. The first-order chi connectivity index (χ1) is 7.58. The molecule has 0 saturated heterocycles. The lowest BCUT2D eigenvalue weighted by atomic mass is 9.82. The van der Waals surface area contributed by atoms with Crippen molar-refractivity contribution in [1.82, 2.24) is 4.98 Å². The van der Waals surface area contributed by atoms with Crippen molar-refractivity contribution in [3.8, 4) is 0 Å². The molecule has 0 atom stereocenters. The van der Waals surface area contributed by atoms with Gasteiger partial charge in [-0.15, -0.1) is 11.3 Å². The third-order valence-corrected chi connectivity index (χ3v) is 4.31. The number of hydrogen-bond acceptors (Lipinski definition) is 4. The molecule has 1 heterocycles. The van der Waals surface area contributed by atoms with Gasteiger partial charge in [0.2, 0.25) is 0 Å². The molecule has 4 nitrogen and oxygen atoms in total. The van der Waals surface area contributed by atoms with Gasteiger partial charge in [-0.25, -0.2) is 9.78 Å². The summed E-state index contributed by atoms with van der Waals surface area (Å²) in [7, 11) is 0. The average Bonchev–Trinajstić information content (AvgIpc) is 2.61. The average molecular weight is 240 g/mol. The predicted octanol–water partition coefficient (Wildman–Crippen LogP) is 2.72. The summed E-state index contributed by atoms with van der Waals surface area (Å²) in [4.78, 5) is 15.8. The largest absolute Gasteiger partial charge is 0.476 e. The van der Waals surface area contributed by atoms with Crippen LogP contribution in [-0.2, 0) is 0 Å². The zero-order valence-electron chi connectivity index (χ0n) is 9.27. The Morgan fingerprint density at radius 3 is 2.62 bits per heavy atom. The van der Waals surface area contributed by atoms with Crippen LogP contribution in [0, 0.1) is 5.92 Å². The van der Waals surface area contributed by atoms with Gasteiger partial charge in [-0.05, 0) is 24.7 Å². The fourth-order valence-electron chi connectivity index (χ4n) is 2.30. The summed E-state index contributed by atoms with van der Waals surface area (Å²) in [6, 6.07) is 0. The van der Waals surface area contributed by atoms with Crippen molar-refractivity contribution in [2.45, 2.75) is 38.5 Å². The first-order valence-corrected chi connectivity index (χ1v) is 6.39. The second-order valence-corrected chi connectivity index (χ2v) is 5.59. The van der Waals surface area contributed by atoms with E-state index in [-0.39, 0.29) is 5.69 Å². The van der Waals surface area contributed by atoms with E-state index >= 15 is 0 Å². The molecular weight excluding hydrogens is 224 g/mol. The third kappa shape index (κ3) is 2.19. The van der Waals surface area contributed by atoms with Crippen LogP contribution in [0.4, 0.5) is 5.13 Å². The molecule has 1 fully saturated rings. The number of nitrogens with two attached hydrogens (primary N) is 1. The Morgan fingerprint density at radius 1 is 1.44 bits per heavy atom. The maximum Gasteiger partial charge on any atom is 0.355 e. The van der Waals surface area contributed by atoms with Crippen LogP contribution in [0.3, 0.4) is 0 Å². The summed E-state index contributed by atoms with van der Waals surface area (Å²) in [5.74, 6) is 0.147. The minimum atomic E-state index is -0.957. The Labute approximate surface area is 98.5 Å². The second kappa shape index (κ2) is 4.41. The smallest absolute Gasteiger partial charge is 0.355 e. The number of carboxylic acid groups (broad SMARTS) is 1. The van der Waals surface area contributed by atoms with Crippen molar-refractivity contribution in [2.75, 3.05) is 5.73 Å². The molecule has 0 radical (unpaired) electrons. The van der Waals surface area contributed by atoms with E-state index in [1.54, 1.807) is 0 Å². The van der Waals surface area contributed by atoms with Crippen LogP contribution in [0.25, 0.3) is 0 Å². The number of aromatic carboxylic acids is 1. The van der Waals surface area contributed by atoms with Crippen LogP contribution in [0.5, 0.6) is 0 Å². The minimum Gasteiger partial charge on any atom is -0.476 e. The normalized spacial score (nSPS) is 25.6. The van der Waals surface area contributed by atoms with Crippen molar-refractivity contribution in [1.29, 1.82) is 0 Å². The Balaban J connectivity index is 2.22. The summed E-state index contributed by atoms with van der Waals surface area (Å²) in [5.41, 5.74) is 5.76. The Morgan fingerprint density at radius 2 is 2.06 bits per heavy atom. The van der Waals surface area contributed by atoms with Gasteiger partial charge in [0.1, 0.15) is 0 Å². The van der Waals surface area contributed by atoms with Crippen molar-refractivity contribution >= 4 is 22.4 Å². The highest BCUT2D eigenvalue weighted by molar-refractivity contribution is 7.15. The second-order valence-electron chi connectivity index (χ2n) is 4.53. The molecule has 0 aliphatic heterocycles. The Kier molecular flexibility index (Phi) is 3.14. The van der Waals surface area contributed by atoms with Crippen LogP contribution in [0.1, 0.15) is 53.9 Å². The summed E-state index contributed by atoms with van der Waals surface area (Å²) in [6.45, 7) is 2.25. The molecule has 0 aromatic carbocycles. The van der Waals surface area contributed by atoms with Gasteiger partial charge in [-0.1, -0.05) is 19.8 Å². The van der Waals surface area contributed by atoms with E-state index in [4.69, 9.17) is 10.8 Å². The van der Waals surface area contributed by atoms with Crippen molar-refractivity contribution in [2.24, 2.45) is 5.92 Å². The van der Waals surface area contributed by atoms with Crippen molar-refractivity contribution in [3.63, 3.8) is 0 Å². The van der Waals surface area contributed by atoms with Gasteiger partial charge in [0.25, 0.3) is 0 Å². The lowest BCUT2D eigenvalue weighted by Gasteiger charge is -2.25. The van der Waals surface area contributed by atoms with E-state index in [9.17, 15) is 4.79 Å². The van der Waals surface area contributed by atoms with Crippen LogP contribution in [-0.4, -0.2) is 16.1 Å². The van der Waals surface area contributed by atoms with Crippen molar-refractivity contribution < 1.29 is 9.90 Å². The zero-order chi connectivity index (χ0) is 11.7. The molecule has 0 amide bonds. The quantitative estimate of drug-likeness (QED) is 0.833. The van der Waals surface area contributed by atoms with Gasteiger partial charge in [-0.2, -0.15) is 0 Å². The van der Waals surface area contributed by atoms with Gasteiger partial charge < -0.3 is 10.8 Å². The first-order valence-electron chi connectivity index (χ1n) is 5.57. The lowest BCUT2D eigenvalue weighted by molar-refractivity contribution is 0.0689. The molecule has 0 bridgehead atoms. The molecule has 0 spiro atoms. The summed E-state index contributed by atoms with van der Waals surface area (Å²) in [6.07, 6.45) is 4.45. The molecule has 1 saturated carbocycles. The SMILES string of the molecule is CC1CCC(c2sc(N)nc2C(=O)O)CC1. The molecule has 1 aromatic rings. The maximum atomic E-state index is 11.0. The van der Waals surface area contributed by atoms with Crippen LogP contribution in [0.2, 0.25) is 0 Å². The molecular formula is C11H16N2O2S. The van der Waals surface area contributed by atoms with Gasteiger partial charge in [0.05, 0.1) is 0 Å². The molecule has 2 rings (SSSR count). The third-order valence-electron chi connectivity index (χ3n) is 3.26. The molecule has 16 heavy (non-hydrogen) atoms. The number of anilines is 1. The Bertz CT molecular complexity index is 395. The van der Waals surface area contributed by atoms with E-state index in [1.807, 2.05) is 0 Å². The van der Waals surface area contributed by atoms with E-state index < -0.39 is 5.97 Å². The van der Waals surface area contributed by atoms with E-state index in [0.29, 0.717) is 11.0 Å². The van der Waals surface area contributed by atoms with E-state index in [1.165, 1.54) is 24.2 Å². The molecule has 3 N–H and O–H groups in total. The predicted molar refractivity (Wildman–Crippen MR) is 63.9 cm³/mol. The highest BCUT2D eigenvalue weighted by atomic mass is 32.1. The molecule has 88 valence electrons. The van der Waals surface area contributed by atoms with Crippen LogP contribution in [0.15, 0.2) is 0 Å². The fourth-order valence-corrected chi connectivity index (χ4v) is 3.30. The van der Waals surface area contributed by atoms with E-state index in [2.05, 4.69) is 11.9 Å². The van der Waals surface area contributed by atoms with Crippen LogP contribution >= 0.6 is 11.3 Å². The topological polar surface area (TPSA) is 76.2 Å². The van der Waals surface area contributed by atoms with Gasteiger partial charge >= 0.3 is 5.97 Å². The number of aromatic nitrogens is 1. The van der Waals surface area contributed by atoms with Crippen molar-refractivity contribution in [3.05, 3.63) is 10.6 Å². The number of carbonyl (C=O) groups is 1. The number of rotatable bonds is 2. The molecule has 1 aliphatic carbocycles. The number of carboxylic acids is 1. The minimum absolute atomic E-state index is 0.169. The first kappa shape index (κ1) is 11.4. The Hall–Kier alpha value is -1.10. The summed E-state index contributed by atoms with van der Waals surface area (Å²) < 4.78 is 0. The van der Waals surface area contributed by atoms with Crippen LogP contribution < -0.4 is 5.73 Å².